The van der Waals surface area contributed by atoms with Gasteiger partial charge >= 0.3 is 5.97 Å². The van der Waals surface area contributed by atoms with Gasteiger partial charge in [-0.3, -0.25) is 4.79 Å². The fourth-order valence-electron chi connectivity index (χ4n) is 1.62. The highest BCUT2D eigenvalue weighted by atomic mass is 19.2. The topological polar surface area (TPSA) is 75.6 Å². The summed E-state index contributed by atoms with van der Waals surface area (Å²) in [6, 6.07) is 1.07. The van der Waals surface area contributed by atoms with Gasteiger partial charge in [0.25, 0.3) is 5.91 Å². The third-order valence-corrected chi connectivity index (χ3v) is 2.60. The first-order valence-corrected chi connectivity index (χ1v) is 5.86. The van der Waals surface area contributed by atoms with Gasteiger partial charge in [-0.25, -0.2) is 13.6 Å². The number of carbonyl (C=O) groups is 2. The number of nitrogens with one attached hydrogen (secondary N) is 1. The number of hydrogen-bond acceptors (Lipinski definition) is 3. The van der Waals surface area contributed by atoms with E-state index in [1.54, 1.807) is 0 Å². The molecule has 0 aliphatic carbocycles. The highest BCUT2D eigenvalue weighted by Gasteiger charge is 2.20. The molecular weight excluding hydrogens is 272 g/mol. The Morgan fingerprint density at radius 2 is 1.85 bits per heavy atom. The summed E-state index contributed by atoms with van der Waals surface area (Å²) in [6.07, 6.45) is 0. The highest BCUT2D eigenvalue weighted by molar-refractivity contribution is 6.04. The summed E-state index contributed by atoms with van der Waals surface area (Å²) >= 11 is 0. The third kappa shape index (κ3) is 3.99. The molecule has 2 N–H and O–H groups in total. The van der Waals surface area contributed by atoms with E-state index < -0.39 is 34.6 Å². The standard InChI is InChI=1S/C13H15F2NO4/c1-7(6-20-2)5-16-12(17)8-3-10(14)11(15)4-9(8)13(18)19/h3-4,7H,5-6H2,1-2H3,(H,16,17)(H,18,19). The minimum Gasteiger partial charge on any atom is -0.478 e. The monoisotopic (exact) mass is 287 g/mol. The Balaban J connectivity index is 2.92. The molecule has 5 nitrogen and oxygen atoms in total. The molecule has 0 spiro atoms. The van der Waals surface area contributed by atoms with Crippen LogP contribution in [0.1, 0.15) is 27.6 Å². The van der Waals surface area contributed by atoms with Gasteiger partial charge < -0.3 is 15.2 Å². The first-order chi connectivity index (χ1) is 9.36. The lowest BCUT2D eigenvalue weighted by atomic mass is 10.1. The first-order valence-electron chi connectivity index (χ1n) is 5.86. The molecule has 1 aromatic rings. The summed E-state index contributed by atoms with van der Waals surface area (Å²) in [5, 5.41) is 11.4. The lowest BCUT2D eigenvalue weighted by molar-refractivity contribution is 0.0689. The molecule has 1 atom stereocenters. The number of rotatable bonds is 6. The molecule has 0 aliphatic heterocycles. The quantitative estimate of drug-likeness (QED) is 0.834. The summed E-state index contributed by atoms with van der Waals surface area (Å²) in [5.41, 5.74) is -0.998. The minimum absolute atomic E-state index is 0.00234. The fraction of sp³-hybridized carbons (Fsp3) is 0.385. The number of amides is 1. The van der Waals surface area contributed by atoms with Crippen LogP contribution in [0, 0.1) is 17.6 Å². The normalized spacial score (nSPS) is 12.0. The highest BCUT2D eigenvalue weighted by Crippen LogP contribution is 2.15. The number of methoxy groups -OCH3 is 1. The van der Waals surface area contributed by atoms with Gasteiger partial charge in [-0.15, -0.1) is 0 Å². The van der Waals surface area contributed by atoms with Crippen molar-refractivity contribution in [3.63, 3.8) is 0 Å². The first kappa shape index (κ1) is 16.0. The van der Waals surface area contributed by atoms with Crippen LogP contribution in [0.3, 0.4) is 0 Å². The molecule has 1 amide bonds. The Bertz CT molecular complexity index is 519. The van der Waals surface area contributed by atoms with Crippen molar-refractivity contribution >= 4 is 11.9 Å². The van der Waals surface area contributed by atoms with E-state index in [2.05, 4.69) is 5.32 Å². The number of hydrogen-bond donors (Lipinski definition) is 2. The molecule has 1 rings (SSSR count). The maximum absolute atomic E-state index is 13.1. The predicted molar refractivity (Wildman–Crippen MR) is 66.7 cm³/mol. The summed E-state index contributed by atoms with van der Waals surface area (Å²) in [6.45, 7) is 2.45. The largest absolute Gasteiger partial charge is 0.478 e. The van der Waals surface area contributed by atoms with Gasteiger partial charge in [0.05, 0.1) is 17.7 Å². The number of carbonyl (C=O) groups excluding carboxylic acids is 1. The van der Waals surface area contributed by atoms with E-state index >= 15 is 0 Å². The molecule has 0 saturated carbocycles. The number of halogens is 2. The SMILES string of the molecule is COCC(C)CNC(=O)c1cc(F)c(F)cc1C(=O)O. The Morgan fingerprint density at radius 1 is 1.30 bits per heavy atom. The average molecular weight is 287 g/mol. The van der Waals surface area contributed by atoms with Crippen molar-refractivity contribution in [2.45, 2.75) is 6.92 Å². The fourth-order valence-corrected chi connectivity index (χ4v) is 1.62. The molecule has 0 fully saturated rings. The molecule has 0 aromatic heterocycles. The van der Waals surface area contributed by atoms with Gasteiger partial charge in [0.2, 0.25) is 0 Å². The van der Waals surface area contributed by atoms with Crippen molar-refractivity contribution in [2.24, 2.45) is 5.92 Å². The van der Waals surface area contributed by atoms with Gasteiger partial charge in [0.15, 0.2) is 11.6 Å². The van der Waals surface area contributed by atoms with Crippen molar-refractivity contribution in [1.82, 2.24) is 5.32 Å². The van der Waals surface area contributed by atoms with Gasteiger partial charge in [-0.05, 0) is 18.1 Å². The van der Waals surface area contributed by atoms with E-state index in [-0.39, 0.29) is 12.5 Å². The predicted octanol–water partition coefficient (Wildman–Crippen LogP) is 1.68. The molecule has 0 heterocycles. The second-order valence-electron chi connectivity index (χ2n) is 4.39. The third-order valence-electron chi connectivity index (χ3n) is 2.60. The number of carboxylic acids is 1. The van der Waals surface area contributed by atoms with Crippen LogP contribution in [-0.2, 0) is 4.74 Å². The van der Waals surface area contributed by atoms with E-state index in [0.717, 1.165) is 0 Å². The summed E-state index contributed by atoms with van der Waals surface area (Å²) in [7, 11) is 1.51. The number of ether oxygens (including phenoxy) is 1. The smallest absolute Gasteiger partial charge is 0.336 e. The Morgan fingerprint density at radius 3 is 2.35 bits per heavy atom. The molecular formula is C13H15F2NO4. The van der Waals surface area contributed by atoms with Crippen LogP contribution in [0.2, 0.25) is 0 Å². The van der Waals surface area contributed by atoms with Crippen molar-refractivity contribution in [1.29, 1.82) is 0 Å². The van der Waals surface area contributed by atoms with Crippen molar-refractivity contribution < 1.29 is 28.2 Å². The lowest BCUT2D eigenvalue weighted by Crippen LogP contribution is -2.31. The maximum atomic E-state index is 13.1. The zero-order valence-electron chi connectivity index (χ0n) is 11.1. The van der Waals surface area contributed by atoms with Crippen LogP contribution in [0.5, 0.6) is 0 Å². The van der Waals surface area contributed by atoms with Crippen molar-refractivity contribution in [3.05, 3.63) is 34.9 Å². The number of carboxylic acid groups (broad SMARTS) is 1. The maximum Gasteiger partial charge on any atom is 0.336 e. The van der Waals surface area contributed by atoms with Crippen LogP contribution in [0.4, 0.5) is 8.78 Å². The van der Waals surface area contributed by atoms with Gasteiger partial charge in [-0.1, -0.05) is 6.92 Å². The van der Waals surface area contributed by atoms with Gasteiger partial charge in [0.1, 0.15) is 0 Å². The van der Waals surface area contributed by atoms with Crippen molar-refractivity contribution in [2.75, 3.05) is 20.3 Å². The van der Waals surface area contributed by atoms with E-state index in [1.165, 1.54) is 7.11 Å². The molecule has 1 aromatic carbocycles. The van der Waals surface area contributed by atoms with E-state index in [0.29, 0.717) is 18.7 Å². The van der Waals surface area contributed by atoms with Crippen LogP contribution >= 0.6 is 0 Å². The molecule has 0 aliphatic rings. The second kappa shape index (κ2) is 6.95. The molecule has 110 valence electrons. The summed E-state index contributed by atoms with van der Waals surface area (Å²) in [5.74, 6) is -4.86. The molecule has 20 heavy (non-hydrogen) atoms. The Kier molecular flexibility index (Phi) is 5.57. The Labute approximate surface area is 114 Å². The van der Waals surface area contributed by atoms with Crippen LogP contribution in [0.15, 0.2) is 12.1 Å². The molecule has 1 unspecified atom stereocenters. The average Bonchev–Trinajstić information content (AvgIpc) is 2.38. The van der Waals surface area contributed by atoms with Gasteiger partial charge in [-0.2, -0.15) is 0 Å². The molecule has 0 radical (unpaired) electrons. The summed E-state index contributed by atoms with van der Waals surface area (Å²) < 4.78 is 31.0. The molecule has 7 heteroatoms. The minimum atomic E-state index is -1.50. The number of benzene rings is 1. The molecule has 0 saturated heterocycles. The Hall–Kier alpha value is -2.02. The zero-order chi connectivity index (χ0) is 15.3. The zero-order valence-corrected chi connectivity index (χ0v) is 11.1. The van der Waals surface area contributed by atoms with E-state index in [9.17, 15) is 18.4 Å². The van der Waals surface area contributed by atoms with Crippen LogP contribution in [0.25, 0.3) is 0 Å². The van der Waals surface area contributed by atoms with Crippen LogP contribution < -0.4 is 5.32 Å². The lowest BCUT2D eigenvalue weighted by Gasteiger charge is -2.12. The van der Waals surface area contributed by atoms with E-state index in [4.69, 9.17) is 9.84 Å². The second-order valence-corrected chi connectivity index (χ2v) is 4.39. The van der Waals surface area contributed by atoms with E-state index in [1.807, 2.05) is 6.92 Å². The summed E-state index contributed by atoms with van der Waals surface area (Å²) in [4.78, 5) is 22.8. The molecule has 0 bridgehead atoms. The van der Waals surface area contributed by atoms with Crippen molar-refractivity contribution in [3.8, 4) is 0 Å². The van der Waals surface area contributed by atoms with Gasteiger partial charge in [0, 0.05) is 13.7 Å². The number of aromatic carboxylic acids is 1. The van der Waals surface area contributed by atoms with Crippen LogP contribution in [-0.4, -0.2) is 37.2 Å².